The number of para-hydroxylation sites is 1. The van der Waals surface area contributed by atoms with Gasteiger partial charge in [-0.1, -0.05) is 12.1 Å². The van der Waals surface area contributed by atoms with E-state index in [0.29, 0.717) is 0 Å². The van der Waals surface area contributed by atoms with Crippen molar-refractivity contribution >= 4 is 11.9 Å². The number of amides is 1. The molecule has 0 heterocycles. The highest BCUT2D eigenvalue weighted by Gasteiger charge is 2.34. The SMILES string of the molecule is CC(C(=O)O)N(C)C(=O)COc1ccccc1C(F)(F)F. The van der Waals surface area contributed by atoms with E-state index in [-0.39, 0.29) is 0 Å². The van der Waals surface area contributed by atoms with E-state index in [1.807, 2.05) is 0 Å². The number of ether oxygens (including phenoxy) is 1. The van der Waals surface area contributed by atoms with Crippen LogP contribution >= 0.6 is 0 Å². The highest BCUT2D eigenvalue weighted by Crippen LogP contribution is 2.35. The van der Waals surface area contributed by atoms with Crippen molar-refractivity contribution in [3.63, 3.8) is 0 Å². The number of hydrogen-bond acceptors (Lipinski definition) is 3. The molecule has 0 saturated heterocycles. The minimum absolute atomic E-state index is 0.477. The van der Waals surface area contributed by atoms with Crippen molar-refractivity contribution in [2.45, 2.75) is 19.1 Å². The largest absolute Gasteiger partial charge is 0.483 e. The maximum Gasteiger partial charge on any atom is 0.419 e. The van der Waals surface area contributed by atoms with Gasteiger partial charge in [-0.05, 0) is 19.1 Å². The van der Waals surface area contributed by atoms with Gasteiger partial charge >= 0.3 is 12.1 Å². The Labute approximate surface area is 118 Å². The molecule has 0 spiro atoms. The highest BCUT2D eigenvalue weighted by molar-refractivity contribution is 5.84. The van der Waals surface area contributed by atoms with Crippen LogP contribution in [-0.4, -0.2) is 41.6 Å². The lowest BCUT2D eigenvalue weighted by Crippen LogP contribution is -2.42. The molecule has 0 aliphatic carbocycles. The van der Waals surface area contributed by atoms with Gasteiger partial charge in [0.1, 0.15) is 11.8 Å². The molecule has 5 nitrogen and oxygen atoms in total. The Bertz CT molecular complexity index is 530. The fourth-order valence-corrected chi connectivity index (χ4v) is 1.45. The second-order valence-corrected chi connectivity index (χ2v) is 4.30. The van der Waals surface area contributed by atoms with Crippen LogP contribution in [0, 0.1) is 0 Å². The van der Waals surface area contributed by atoms with Crippen LogP contribution in [0.25, 0.3) is 0 Å². The smallest absolute Gasteiger partial charge is 0.419 e. The summed E-state index contributed by atoms with van der Waals surface area (Å²) in [5, 5.41) is 8.75. The lowest BCUT2D eigenvalue weighted by Gasteiger charge is -2.22. The van der Waals surface area contributed by atoms with E-state index in [2.05, 4.69) is 0 Å². The van der Waals surface area contributed by atoms with Crippen molar-refractivity contribution in [2.75, 3.05) is 13.7 Å². The van der Waals surface area contributed by atoms with Crippen LogP contribution in [0.5, 0.6) is 5.75 Å². The van der Waals surface area contributed by atoms with Gasteiger partial charge in [-0.25, -0.2) is 4.79 Å². The molecule has 1 rings (SSSR count). The number of halogens is 3. The molecule has 8 heteroatoms. The third kappa shape index (κ3) is 4.37. The van der Waals surface area contributed by atoms with E-state index in [0.717, 1.165) is 17.0 Å². The fourth-order valence-electron chi connectivity index (χ4n) is 1.45. The molecule has 0 saturated carbocycles. The monoisotopic (exact) mass is 305 g/mol. The summed E-state index contributed by atoms with van der Waals surface area (Å²) in [5.41, 5.74) is -0.994. The number of carbonyl (C=O) groups is 2. The van der Waals surface area contributed by atoms with Gasteiger partial charge in [0.15, 0.2) is 6.61 Å². The van der Waals surface area contributed by atoms with Crippen molar-refractivity contribution in [3.05, 3.63) is 29.8 Å². The molecule has 0 radical (unpaired) electrons. The Hall–Kier alpha value is -2.25. The van der Waals surface area contributed by atoms with E-state index in [4.69, 9.17) is 9.84 Å². The van der Waals surface area contributed by atoms with Gasteiger partial charge in [-0.15, -0.1) is 0 Å². The molecule has 0 fully saturated rings. The predicted octanol–water partition coefficient (Wildman–Crippen LogP) is 2.02. The maximum atomic E-state index is 12.7. The van der Waals surface area contributed by atoms with Gasteiger partial charge in [0, 0.05) is 7.05 Å². The summed E-state index contributed by atoms with van der Waals surface area (Å²) in [4.78, 5) is 23.3. The number of carboxylic acid groups (broad SMARTS) is 1. The number of alkyl halides is 3. The second kappa shape index (κ2) is 6.47. The zero-order chi connectivity index (χ0) is 16.2. The van der Waals surface area contributed by atoms with Gasteiger partial charge in [-0.2, -0.15) is 13.2 Å². The van der Waals surface area contributed by atoms with E-state index in [9.17, 15) is 22.8 Å². The van der Waals surface area contributed by atoms with Crippen LogP contribution in [-0.2, 0) is 15.8 Å². The molecule has 1 N–H and O–H groups in total. The van der Waals surface area contributed by atoms with Crippen LogP contribution in [0.2, 0.25) is 0 Å². The first kappa shape index (κ1) is 16.8. The lowest BCUT2D eigenvalue weighted by atomic mass is 10.2. The molecule has 0 aromatic heterocycles. The molecule has 1 aromatic carbocycles. The van der Waals surface area contributed by atoms with E-state index < -0.39 is 42.0 Å². The molecule has 116 valence electrons. The molecular weight excluding hydrogens is 291 g/mol. The fraction of sp³-hybridized carbons (Fsp3) is 0.385. The van der Waals surface area contributed by atoms with Crippen LogP contribution in [0.1, 0.15) is 12.5 Å². The first-order valence-corrected chi connectivity index (χ1v) is 5.92. The standard InChI is InChI=1S/C13H14F3NO4/c1-8(12(19)20)17(2)11(18)7-21-10-6-4-3-5-9(10)13(14,15)16/h3-6,8H,7H2,1-2H3,(H,19,20). The average Bonchev–Trinajstić information content (AvgIpc) is 2.42. The number of aliphatic carboxylic acids is 1. The summed E-state index contributed by atoms with van der Waals surface area (Å²) in [6, 6.07) is 3.38. The number of likely N-dealkylation sites (N-methyl/N-ethyl adjacent to an activating group) is 1. The summed E-state index contributed by atoms with van der Waals surface area (Å²) >= 11 is 0. The van der Waals surface area contributed by atoms with Crippen molar-refractivity contribution in [1.29, 1.82) is 0 Å². The molecule has 1 unspecified atom stereocenters. The molecule has 21 heavy (non-hydrogen) atoms. The Balaban J connectivity index is 2.77. The van der Waals surface area contributed by atoms with Gasteiger partial charge in [0.05, 0.1) is 5.56 Å². The zero-order valence-electron chi connectivity index (χ0n) is 11.3. The molecule has 1 atom stereocenters. The number of carboxylic acids is 1. The summed E-state index contributed by atoms with van der Waals surface area (Å²) in [6.45, 7) is 0.602. The van der Waals surface area contributed by atoms with Gasteiger partial charge < -0.3 is 14.7 Å². The minimum Gasteiger partial charge on any atom is -0.483 e. The van der Waals surface area contributed by atoms with Crippen LogP contribution in [0.3, 0.4) is 0 Å². The Morgan fingerprint density at radius 3 is 2.43 bits per heavy atom. The molecule has 0 aliphatic heterocycles. The van der Waals surface area contributed by atoms with Gasteiger partial charge in [0.25, 0.3) is 5.91 Å². The molecule has 0 bridgehead atoms. The topological polar surface area (TPSA) is 66.8 Å². The highest BCUT2D eigenvalue weighted by atomic mass is 19.4. The summed E-state index contributed by atoms with van der Waals surface area (Å²) in [7, 11) is 1.24. The van der Waals surface area contributed by atoms with Gasteiger partial charge in [-0.3, -0.25) is 4.79 Å². The molecule has 0 aliphatic rings. The van der Waals surface area contributed by atoms with Crippen molar-refractivity contribution in [2.24, 2.45) is 0 Å². The van der Waals surface area contributed by atoms with Crippen LogP contribution < -0.4 is 4.74 Å². The maximum absolute atomic E-state index is 12.7. The van der Waals surface area contributed by atoms with E-state index in [1.165, 1.54) is 26.1 Å². The minimum atomic E-state index is -4.60. The first-order chi connectivity index (χ1) is 9.64. The average molecular weight is 305 g/mol. The Kier molecular flexibility index (Phi) is 5.17. The summed E-state index contributed by atoms with van der Waals surface area (Å²) in [6.07, 6.45) is -4.60. The van der Waals surface area contributed by atoms with Crippen LogP contribution in [0.4, 0.5) is 13.2 Å². The van der Waals surface area contributed by atoms with E-state index >= 15 is 0 Å². The summed E-state index contributed by atoms with van der Waals surface area (Å²) in [5.74, 6) is -2.43. The number of carbonyl (C=O) groups excluding carboxylic acids is 1. The van der Waals surface area contributed by atoms with Gasteiger partial charge in [0.2, 0.25) is 0 Å². The first-order valence-electron chi connectivity index (χ1n) is 5.92. The predicted molar refractivity (Wildman–Crippen MR) is 66.8 cm³/mol. The quantitative estimate of drug-likeness (QED) is 0.903. The number of rotatable bonds is 5. The third-order valence-electron chi connectivity index (χ3n) is 2.88. The number of nitrogens with zero attached hydrogens (tertiary/aromatic N) is 1. The Morgan fingerprint density at radius 2 is 1.90 bits per heavy atom. The Morgan fingerprint density at radius 1 is 1.33 bits per heavy atom. The van der Waals surface area contributed by atoms with Crippen molar-refractivity contribution < 1.29 is 32.6 Å². The number of hydrogen-bond donors (Lipinski definition) is 1. The lowest BCUT2D eigenvalue weighted by molar-refractivity contribution is -0.149. The van der Waals surface area contributed by atoms with Crippen molar-refractivity contribution in [1.82, 2.24) is 4.90 Å². The third-order valence-corrected chi connectivity index (χ3v) is 2.88. The van der Waals surface area contributed by atoms with E-state index in [1.54, 1.807) is 0 Å². The second-order valence-electron chi connectivity index (χ2n) is 4.30. The van der Waals surface area contributed by atoms with Crippen LogP contribution in [0.15, 0.2) is 24.3 Å². The molecular formula is C13H14F3NO4. The normalized spacial score (nSPS) is 12.6. The molecule has 1 aromatic rings. The van der Waals surface area contributed by atoms with Crippen molar-refractivity contribution in [3.8, 4) is 5.75 Å². The number of benzene rings is 1. The summed E-state index contributed by atoms with van der Waals surface area (Å²) < 4.78 is 43.0. The zero-order valence-corrected chi connectivity index (χ0v) is 11.3. The molecule has 1 amide bonds.